The highest BCUT2D eigenvalue weighted by molar-refractivity contribution is 7.18. The van der Waals surface area contributed by atoms with Crippen LogP contribution in [0.4, 0.5) is 18.2 Å². The van der Waals surface area contributed by atoms with Crippen LogP contribution in [0.15, 0.2) is 6.07 Å². The average Bonchev–Trinajstić information content (AvgIpc) is 3.13. The van der Waals surface area contributed by atoms with E-state index in [1.807, 2.05) is 6.07 Å². The molecule has 1 atom stereocenters. The molecule has 2 amide bonds. The number of anilines is 1. The summed E-state index contributed by atoms with van der Waals surface area (Å²) < 4.78 is 39.5. The zero-order valence-corrected chi connectivity index (χ0v) is 16.6. The first kappa shape index (κ1) is 21.4. The number of amides is 2. The van der Waals surface area contributed by atoms with Gasteiger partial charge in [-0.3, -0.25) is 14.3 Å². The Morgan fingerprint density at radius 3 is 2.43 bits per heavy atom. The average molecular weight is 413 g/mol. The highest BCUT2D eigenvalue weighted by Gasteiger charge is 2.35. The van der Waals surface area contributed by atoms with Crippen molar-refractivity contribution in [1.82, 2.24) is 14.7 Å². The van der Waals surface area contributed by atoms with Gasteiger partial charge in [0, 0.05) is 19.8 Å². The Balaban J connectivity index is 2.33. The van der Waals surface area contributed by atoms with Gasteiger partial charge in [0.2, 0.25) is 5.91 Å². The zero-order chi connectivity index (χ0) is 21.4. The number of carbonyl (C=O) groups is 2. The molecule has 2 rings (SSSR count). The summed E-state index contributed by atoms with van der Waals surface area (Å²) in [4.78, 5) is 26.4. The van der Waals surface area contributed by atoms with E-state index in [2.05, 4.69) is 10.4 Å². The Morgan fingerprint density at radius 2 is 1.96 bits per heavy atom. The highest BCUT2D eigenvalue weighted by Crippen LogP contribution is 2.34. The summed E-state index contributed by atoms with van der Waals surface area (Å²) in [6, 6.07) is 1.75. The summed E-state index contributed by atoms with van der Waals surface area (Å²) in [6.45, 7) is 4.40. The Labute approximate surface area is 163 Å². The first-order valence-corrected chi connectivity index (χ1v) is 8.89. The van der Waals surface area contributed by atoms with E-state index in [-0.39, 0.29) is 22.2 Å². The van der Waals surface area contributed by atoms with Crippen molar-refractivity contribution in [3.8, 4) is 6.07 Å². The number of aromatic nitrogens is 2. The van der Waals surface area contributed by atoms with Gasteiger partial charge in [-0.05, 0) is 32.4 Å². The normalized spacial score (nSPS) is 12.4. The van der Waals surface area contributed by atoms with Gasteiger partial charge in [0.25, 0.3) is 5.91 Å². The van der Waals surface area contributed by atoms with Gasteiger partial charge in [0.15, 0.2) is 5.69 Å². The predicted octanol–water partition coefficient (Wildman–Crippen LogP) is 3.35. The zero-order valence-electron chi connectivity index (χ0n) is 15.8. The second-order valence-electron chi connectivity index (χ2n) is 6.35. The van der Waals surface area contributed by atoms with Crippen LogP contribution < -0.4 is 5.32 Å². The molecule has 0 aliphatic rings. The fourth-order valence-electron chi connectivity index (χ4n) is 2.49. The Bertz CT molecular complexity index is 969. The molecule has 7 nitrogen and oxygen atoms in total. The third-order valence-electron chi connectivity index (χ3n) is 4.05. The second-order valence-corrected chi connectivity index (χ2v) is 7.37. The van der Waals surface area contributed by atoms with Crippen LogP contribution in [0.25, 0.3) is 0 Å². The van der Waals surface area contributed by atoms with Gasteiger partial charge < -0.3 is 10.2 Å². The molecule has 0 fully saturated rings. The van der Waals surface area contributed by atoms with Gasteiger partial charge in [0.1, 0.15) is 17.1 Å². The fraction of sp³-hybridized carbons (Fsp3) is 0.412. The molecule has 150 valence electrons. The molecule has 0 saturated heterocycles. The van der Waals surface area contributed by atoms with Gasteiger partial charge in [-0.1, -0.05) is 0 Å². The first-order chi connectivity index (χ1) is 12.9. The number of hydrogen-bond donors (Lipinski definition) is 1. The minimum Gasteiger partial charge on any atom is -0.344 e. The summed E-state index contributed by atoms with van der Waals surface area (Å²) in [6.07, 6.45) is -4.62. The predicted molar refractivity (Wildman–Crippen MR) is 97.1 cm³/mol. The van der Waals surface area contributed by atoms with Crippen molar-refractivity contribution in [2.75, 3.05) is 19.4 Å². The van der Waals surface area contributed by atoms with Crippen LogP contribution >= 0.6 is 11.3 Å². The van der Waals surface area contributed by atoms with Crippen LogP contribution in [0.3, 0.4) is 0 Å². The maximum Gasteiger partial charge on any atom is 0.435 e. The smallest absolute Gasteiger partial charge is 0.344 e. The molecule has 2 aromatic heterocycles. The summed E-state index contributed by atoms with van der Waals surface area (Å²) in [5.41, 5.74) is -0.345. The summed E-state index contributed by atoms with van der Waals surface area (Å²) >= 11 is 0.946. The molecule has 2 aromatic rings. The van der Waals surface area contributed by atoms with E-state index < -0.39 is 23.8 Å². The van der Waals surface area contributed by atoms with E-state index in [4.69, 9.17) is 0 Å². The molecule has 0 aromatic carbocycles. The van der Waals surface area contributed by atoms with Crippen molar-refractivity contribution < 1.29 is 22.8 Å². The molecule has 0 spiro atoms. The maximum atomic E-state index is 12.8. The lowest BCUT2D eigenvalue weighted by molar-refractivity contribution is -0.141. The quantitative estimate of drug-likeness (QED) is 0.832. The van der Waals surface area contributed by atoms with Crippen LogP contribution in [0.1, 0.15) is 45.2 Å². The second kappa shape index (κ2) is 7.63. The third-order valence-corrected chi connectivity index (χ3v) is 5.25. The van der Waals surface area contributed by atoms with Crippen LogP contribution in [0, 0.1) is 25.2 Å². The molecular formula is C17H18F3N5O2S. The van der Waals surface area contributed by atoms with Crippen LogP contribution in [-0.4, -0.2) is 40.6 Å². The summed E-state index contributed by atoms with van der Waals surface area (Å²) in [5, 5.41) is 15.5. The number of halogens is 3. The van der Waals surface area contributed by atoms with Gasteiger partial charge in [0.05, 0.1) is 10.4 Å². The van der Waals surface area contributed by atoms with Gasteiger partial charge in [-0.15, -0.1) is 11.3 Å². The van der Waals surface area contributed by atoms with E-state index in [9.17, 15) is 28.0 Å². The van der Waals surface area contributed by atoms with Crippen molar-refractivity contribution in [3.63, 3.8) is 0 Å². The van der Waals surface area contributed by atoms with E-state index in [1.54, 1.807) is 21.0 Å². The first-order valence-electron chi connectivity index (χ1n) is 8.07. The SMILES string of the molecule is Cc1c(C(=O)N(C)C)sc(NC(=O)[C@@H](C)n2nc(C(F)(F)F)cc2C)c1C#N. The van der Waals surface area contributed by atoms with Gasteiger partial charge in [-0.25, -0.2) is 0 Å². The van der Waals surface area contributed by atoms with E-state index in [0.29, 0.717) is 10.4 Å². The third kappa shape index (κ3) is 4.01. The number of carbonyl (C=O) groups excluding carboxylic acids is 2. The number of nitriles is 1. The van der Waals surface area contributed by atoms with Crippen LogP contribution in [0.2, 0.25) is 0 Å². The molecular weight excluding hydrogens is 395 g/mol. The summed E-state index contributed by atoms with van der Waals surface area (Å²) in [5.74, 6) is -0.966. The molecule has 0 aliphatic carbocycles. The fourth-order valence-corrected chi connectivity index (χ4v) is 3.67. The molecule has 1 N–H and O–H groups in total. The number of nitrogens with one attached hydrogen (secondary N) is 1. The Kier molecular flexibility index (Phi) is 5.84. The van der Waals surface area contributed by atoms with Crippen LogP contribution in [-0.2, 0) is 11.0 Å². The van der Waals surface area contributed by atoms with E-state index in [0.717, 1.165) is 22.1 Å². The van der Waals surface area contributed by atoms with Crippen molar-refractivity contribution in [3.05, 3.63) is 33.5 Å². The standard InChI is InChI=1S/C17H18F3N5O2S/c1-8-6-12(17(18,19)20)23-25(8)10(3)14(26)22-15-11(7-21)9(2)13(28-15)16(27)24(4)5/h6,10H,1-5H3,(H,22,26)/t10-/m1/s1. The number of alkyl halides is 3. The number of hydrogen-bond acceptors (Lipinski definition) is 5. The molecule has 11 heteroatoms. The van der Waals surface area contributed by atoms with E-state index in [1.165, 1.54) is 18.7 Å². The molecule has 0 radical (unpaired) electrons. The molecule has 0 unspecified atom stereocenters. The van der Waals surface area contributed by atoms with Crippen molar-refractivity contribution in [2.24, 2.45) is 0 Å². The Morgan fingerprint density at radius 1 is 1.36 bits per heavy atom. The largest absolute Gasteiger partial charge is 0.435 e. The molecule has 0 bridgehead atoms. The number of rotatable bonds is 4. The molecule has 28 heavy (non-hydrogen) atoms. The topological polar surface area (TPSA) is 91.0 Å². The van der Waals surface area contributed by atoms with Gasteiger partial charge >= 0.3 is 6.18 Å². The number of aryl methyl sites for hydroxylation is 1. The minimum absolute atomic E-state index is 0.143. The van der Waals surface area contributed by atoms with Crippen molar-refractivity contribution in [1.29, 1.82) is 5.26 Å². The number of thiophene rings is 1. The molecule has 0 saturated carbocycles. The maximum absolute atomic E-state index is 12.8. The van der Waals surface area contributed by atoms with Crippen molar-refractivity contribution >= 4 is 28.2 Å². The van der Waals surface area contributed by atoms with Crippen molar-refractivity contribution in [2.45, 2.75) is 33.0 Å². The summed E-state index contributed by atoms with van der Waals surface area (Å²) in [7, 11) is 3.12. The van der Waals surface area contributed by atoms with Crippen LogP contribution in [0.5, 0.6) is 0 Å². The monoisotopic (exact) mass is 413 g/mol. The molecule has 0 aliphatic heterocycles. The lowest BCUT2D eigenvalue weighted by atomic mass is 10.1. The number of nitrogens with zero attached hydrogens (tertiary/aromatic N) is 4. The highest BCUT2D eigenvalue weighted by atomic mass is 32.1. The lowest BCUT2D eigenvalue weighted by Gasteiger charge is -2.14. The minimum atomic E-state index is -4.62. The lowest BCUT2D eigenvalue weighted by Crippen LogP contribution is -2.25. The molecule has 2 heterocycles. The van der Waals surface area contributed by atoms with E-state index >= 15 is 0 Å². The van der Waals surface area contributed by atoms with Gasteiger partial charge in [-0.2, -0.15) is 23.5 Å². The Hall–Kier alpha value is -2.87.